The van der Waals surface area contributed by atoms with Gasteiger partial charge in [0.05, 0.1) is 6.26 Å². The molecule has 1 rings (SSSR count). The second kappa shape index (κ2) is 6.28. The lowest BCUT2D eigenvalue weighted by Crippen LogP contribution is -2.52. The van der Waals surface area contributed by atoms with Crippen LogP contribution in [0.3, 0.4) is 0 Å². The summed E-state index contributed by atoms with van der Waals surface area (Å²) in [7, 11) is -1.57. The summed E-state index contributed by atoms with van der Waals surface area (Å²) in [4.78, 5) is 11.6. The van der Waals surface area contributed by atoms with Gasteiger partial charge in [-0.15, -0.1) is 0 Å². The van der Waals surface area contributed by atoms with Crippen LogP contribution in [0.25, 0.3) is 0 Å². The average Bonchev–Trinajstić information content (AvgIpc) is 2.25. The molecule has 1 heterocycles. The molecule has 1 amide bonds. The summed E-state index contributed by atoms with van der Waals surface area (Å²) in [6.07, 6.45) is 2.09. The Morgan fingerprint density at radius 3 is 2.20 bits per heavy atom. The molecule has 8 heteroatoms. The molecule has 0 bridgehead atoms. The zero-order chi connectivity index (χ0) is 15.6. The fraction of sp³-hybridized carbons (Fsp3) is 0.917. The van der Waals surface area contributed by atoms with Crippen LogP contribution in [0.5, 0.6) is 0 Å². The molecule has 1 saturated heterocycles. The van der Waals surface area contributed by atoms with Crippen molar-refractivity contribution in [2.45, 2.75) is 45.3 Å². The van der Waals surface area contributed by atoms with Crippen molar-refractivity contribution in [1.29, 1.82) is 0 Å². The van der Waals surface area contributed by atoms with E-state index in [0.717, 1.165) is 0 Å². The lowest BCUT2D eigenvalue weighted by atomic mass is 10.1. The molecule has 1 aliphatic rings. The molecule has 0 aromatic heterocycles. The number of hydrazine groups is 1. The molecule has 1 fully saturated rings. The summed E-state index contributed by atoms with van der Waals surface area (Å²) >= 11 is 0. The smallest absolute Gasteiger partial charge is 0.422 e. The van der Waals surface area contributed by atoms with E-state index in [1.807, 2.05) is 0 Å². The zero-order valence-electron chi connectivity index (χ0n) is 12.8. The number of ether oxygens (including phenoxy) is 1. The highest BCUT2D eigenvalue weighted by atomic mass is 32.2. The first kappa shape index (κ1) is 17.2. The van der Waals surface area contributed by atoms with E-state index in [1.165, 1.54) is 10.6 Å². The molecule has 1 N–H and O–H groups in total. The molecule has 0 radical (unpaired) electrons. The quantitative estimate of drug-likeness (QED) is 0.833. The number of carbonyl (C=O) groups excluding carboxylic acids is 1. The van der Waals surface area contributed by atoms with Gasteiger partial charge in [-0.1, -0.05) is 0 Å². The maximum atomic E-state index is 11.6. The summed E-state index contributed by atoms with van der Waals surface area (Å²) in [6, 6.07) is -0.0123. The molecule has 0 atom stereocenters. The van der Waals surface area contributed by atoms with Gasteiger partial charge >= 0.3 is 6.09 Å². The van der Waals surface area contributed by atoms with Crippen LogP contribution < -0.4 is 5.43 Å². The van der Waals surface area contributed by atoms with Crippen LogP contribution in [-0.4, -0.2) is 61.9 Å². The molecule has 0 saturated carbocycles. The van der Waals surface area contributed by atoms with Gasteiger partial charge in [0.15, 0.2) is 0 Å². The predicted molar refractivity (Wildman–Crippen MR) is 76.6 cm³/mol. The molecule has 1 aliphatic heterocycles. The largest absolute Gasteiger partial charge is 0.443 e. The first-order valence-electron chi connectivity index (χ1n) is 6.66. The van der Waals surface area contributed by atoms with E-state index >= 15 is 0 Å². The molecular formula is C12H25N3O4S. The summed E-state index contributed by atoms with van der Waals surface area (Å²) < 4.78 is 29.5. The molecule has 0 spiro atoms. The molecule has 0 aromatic rings. The lowest BCUT2D eigenvalue weighted by molar-refractivity contribution is 0.0262. The van der Waals surface area contributed by atoms with Crippen LogP contribution in [0.1, 0.15) is 33.6 Å². The fourth-order valence-electron chi connectivity index (χ4n) is 2.04. The Labute approximate surface area is 121 Å². The summed E-state index contributed by atoms with van der Waals surface area (Å²) in [6.45, 7) is 6.62. The molecule has 20 heavy (non-hydrogen) atoms. The average molecular weight is 307 g/mol. The molecular weight excluding hydrogens is 282 g/mol. The Balaban J connectivity index is 2.42. The minimum Gasteiger partial charge on any atom is -0.443 e. The Hall–Kier alpha value is -0.860. The Kier molecular flexibility index (Phi) is 5.39. The number of nitrogens with one attached hydrogen (secondary N) is 1. The maximum Gasteiger partial charge on any atom is 0.422 e. The Bertz CT molecular complexity index is 436. The minimum absolute atomic E-state index is 0.0123. The first-order chi connectivity index (χ1) is 8.99. The molecule has 0 aliphatic carbocycles. The standard InChI is InChI=1S/C12H25N3O4S/c1-12(2,3)19-11(16)13-15-8-6-10(7-9-15)14(4)20(5,17)18/h10H,6-9H2,1-5H3,(H,13,16). The maximum absolute atomic E-state index is 11.6. The van der Waals surface area contributed by atoms with E-state index in [0.29, 0.717) is 25.9 Å². The SMILES string of the molecule is CN(C1CCN(NC(=O)OC(C)(C)C)CC1)S(C)(=O)=O. The van der Waals surface area contributed by atoms with Gasteiger partial charge in [-0.25, -0.2) is 22.5 Å². The number of amides is 1. The van der Waals surface area contributed by atoms with E-state index in [1.54, 1.807) is 32.8 Å². The minimum atomic E-state index is -3.16. The highest BCUT2D eigenvalue weighted by molar-refractivity contribution is 7.88. The van der Waals surface area contributed by atoms with Crippen molar-refractivity contribution in [1.82, 2.24) is 14.7 Å². The van der Waals surface area contributed by atoms with Crippen molar-refractivity contribution < 1.29 is 17.9 Å². The Morgan fingerprint density at radius 2 is 1.80 bits per heavy atom. The lowest BCUT2D eigenvalue weighted by Gasteiger charge is -2.35. The van der Waals surface area contributed by atoms with Gasteiger partial charge in [0.1, 0.15) is 5.60 Å². The number of nitrogens with zero attached hydrogens (tertiary/aromatic N) is 2. The zero-order valence-corrected chi connectivity index (χ0v) is 13.7. The van der Waals surface area contributed by atoms with Gasteiger partial charge in [-0.05, 0) is 33.6 Å². The van der Waals surface area contributed by atoms with Crippen molar-refractivity contribution in [2.24, 2.45) is 0 Å². The van der Waals surface area contributed by atoms with Gasteiger partial charge in [0.25, 0.3) is 0 Å². The third-order valence-electron chi connectivity index (χ3n) is 3.15. The third kappa shape index (κ3) is 5.64. The fourth-order valence-corrected chi connectivity index (χ4v) is 2.79. The number of piperidine rings is 1. The normalized spacial score (nSPS) is 19.1. The van der Waals surface area contributed by atoms with Crippen molar-refractivity contribution >= 4 is 16.1 Å². The van der Waals surface area contributed by atoms with Gasteiger partial charge in [-0.3, -0.25) is 5.43 Å². The van der Waals surface area contributed by atoms with E-state index in [-0.39, 0.29) is 6.04 Å². The number of hydrogen-bond donors (Lipinski definition) is 1. The van der Waals surface area contributed by atoms with Crippen LogP contribution in [0, 0.1) is 0 Å². The van der Waals surface area contributed by atoms with Gasteiger partial charge in [0, 0.05) is 26.2 Å². The first-order valence-corrected chi connectivity index (χ1v) is 8.51. The summed E-state index contributed by atoms with van der Waals surface area (Å²) in [5.74, 6) is 0. The summed E-state index contributed by atoms with van der Waals surface area (Å²) in [5, 5.41) is 1.76. The van der Waals surface area contributed by atoms with Gasteiger partial charge < -0.3 is 4.74 Å². The van der Waals surface area contributed by atoms with Crippen LogP contribution in [0.15, 0.2) is 0 Å². The molecule has 0 unspecified atom stereocenters. The second-order valence-electron chi connectivity index (χ2n) is 6.11. The van der Waals surface area contributed by atoms with E-state index in [2.05, 4.69) is 5.43 Å². The number of rotatable bonds is 3. The van der Waals surface area contributed by atoms with E-state index in [4.69, 9.17) is 4.74 Å². The summed E-state index contributed by atoms with van der Waals surface area (Å²) in [5.41, 5.74) is 2.15. The molecule has 0 aromatic carbocycles. The molecule has 118 valence electrons. The Morgan fingerprint density at radius 1 is 1.30 bits per heavy atom. The van der Waals surface area contributed by atoms with Crippen LogP contribution >= 0.6 is 0 Å². The van der Waals surface area contributed by atoms with Crippen molar-refractivity contribution in [3.8, 4) is 0 Å². The highest BCUT2D eigenvalue weighted by Gasteiger charge is 2.28. The monoisotopic (exact) mass is 307 g/mol. The second-order valence-corrected chi connectivity index (χ2v) is 8.15. The van der Waals surface area contributed by atoms with E-state index < -0.39 is 21.7 Å². The highest BCUT2D eigenvalue weighted by Crippen LogP contribution is 2.16. The third-order valence-corrected chi connectivity index (χ3v) is 4.49. The number of carbonyl (C=O) groups is 1. The van der Waals surface area contributed by atoms with Crippen LogP contribution in [0.2, 0.25) is 0 Å². The topological polar surface area (TPSA) is 79.0 Å². The van der Waals surface area contributed by atoms with Crippen molar-refractivity contribution in [3.63, 3.8) is 0 Å². The van der Waals surface area contributed by atoms with Crippen molar-refractivity contribution in [3.05, 3.63) is 0 Å². The predicted octanol–water partition coefficient (Wildman–Crippen LogP) is 0.782. The van der Waals surface area contributed by atoms with E-state index in [9.17, 15) is 13.2 Å². The molecule has 7 nitrogen and oxygen atoms in total. The number of sulfonamides is 1. The van der Waals surface area contributed by atoms with Crippen LogP contribution in [0.4, 0.5) is 4.79 Å². The van der Waals surface area contributed by atoms with Crippen LogP contribution in [-0.2, 0) is 14.8 Å². The number of hydrogen-bond acceptors (Lipinski definition) is 5. The van der Waals surface area contributed by atoms with Gasteiger partial charge in [-0.2, -0.15) is 0 Å². The van der Waals surface area contributed by atoms with Crippen molar-refractivity contribution in [2.75, 3.05) is 26.4 Å². The van der Waals surface area contributed by atoms with Gasteiger partial charge in [0.2, 0.25) is 10.0 Å².